The number of amides is 1. The van der Waals surface area contributed by atoms with Gasteiger partial charge < -0.3 is 38.8 Å². The van der Waals surface area contributed by atoms with E-state index in [0.29, 0.717) is 66.8 Å². The fourth-order valence-electron chi connectivity index (χ4n) is 4.96. The molecule has 0 unspecified atom stereocenters. The fraction of sp³-hybridized carbons (Fsp3) is 0.344. The maximum absolute atomic E-state index is 13.5. The number of aliphatic carboxylic acids is 2. The zero-order valence-corrected chi connectivity index (χ0v) is 23.6. The Bertz CT molecular complexity index is 1480. The van der Waals surface area contributed by atoms with E-state index in [1.807, 2.05) is 36.4 Å². The van der Waals surface area contributed by atoms with Crippen LogP contribution in [-0.4, -0.2) is 72.7 Å². The minimum atomic E-state index is -0.949. The van der Waals surface area contributed by atoms with Gasteiger partial charge in [0.1, 0.15) is 18.1 Å². The van der Waals surface area contributed by atoms with Crippen molar-refractivity contribution in [2.24, 2.45) is 0 Å². The molecule has 11 nitrogen and oxygen atoms in total. The van der Waals surface area contributed by atoms with E-state index in [4.69, 9.17) is 28.8 Å². The van der Waals surface area contributed by atoms with E-state index in [1.165, 1.54) is 0 Å². The molecule has 3 aromatic rings. The first-order chi connectivity index (χ1) is 20.9. The molecule has 11 heteroatoms. The molecule has 1 amide bonds. The highest BCUT2D eigenvalue weighted by Crippen LogP contribution is 2.37. The van der Waals surface area contributed by atoms with Crippen LogP contribution in [0.15, 0.2) is 54.6 Å². The summed E-state index contributed by atoms with van der Waals surface area (Å²) in [4.78, 5) is 37.5. The van der Waals surface area contributed by atoms with Crippen molar-refractivity contribution in [1.29, 1.82) is 0 Å². The molecule has 2 N–H and O–H groups in total. The summed E-state index contributed by atoms with van der Waals surface area (Å²) in [7, 11) is 0. The quantitative estimate of drug-likeness (QED) is 0.275. The number of fused-ring (bicyclic) bond motifs is 1. The Hall–Kier alpha value is -4.77. The summed E-state index contributed by atoms with van der Waals surface area (Å²) in [5, 5.41) is 18.2. The Kier molecular flexibility index (Phi) is 9.63. The average Bonchev–Trinajstić information content (AvgIpc) is 3.49. The number of carbonyl (C=O) groups is 3. The SMILES string of the molecule is O=C(O)CCCOc1cccc(COc2cc(C(=O)N3CCOCC3)cc(-c3ccc4c(c3)OCO4)c2)c1CCC(=O)O. The largest absolute Gasteiger partial charge is 0.493 e. The van der Waals surface area contributed by atoms with Crippen molar-refractivity contribution in [3.05, 3.63) is 71.3 Å². The molecule has 0 spiro atoms. The third-order valence-electron chi connectivity index (χ3n) is 7.16. The molecule has 0 aromatic heterocycles. The molecule has 3 aromatic carbocycles. The van der Waals surface area contributed by atoms with Crippen LogP contribution in [0.4, 0.5) is 0 Å². The Morgan fingerprint density at radius 3 is 2.42 bits per heavy atom. The molecule has 0 radical (unpaired) electrons. The van der Waals surface area contributed by atoms with Crippen LogP contribution in [0.1, 0.15) is 40.7 Å². The molecular weight excluding hydrogens is 558 g/mol. The lowest BCUT2D eigenvalue weighted by Gasteiger charge is -2.27. The Morgan fingerprint density at radius 1 is 0.837 bits per heavy atom. The Labute approximate surface area is 248 Å². The molecular formula is C32H33NO10. The first kappa shape index (κ1) is 29.7. The molecule has 0 atom stereocenters. The van der Waals surface area contributed by atoms with E-state index in [9.17, 15) is 19.5 Å². The number of carboxylic acid groups (broad SMARTS) is 2. The van der Waals surface area contributed by atoms with E-state index >= 15 is 0 Å². The third kappa shape index (κ3) is 7.75. The van der Waals surface area contributed by atoms with Crippen LogP contribution in [-0.2, 0) is 27.4 Å². The number of rotatable bonds is 13. The predicted molar refractivity (Wildman–Crippen MR) is 154 cm³/mol. The molecule has 2 aliphatic heterocycles. The zero-order valence-electron chi connectivity index (χ0n) is 23.6. The molecule has 5 rings (SSSR count). The van der Waals surface area contributed by atoms with Gasteiger partial charge in [-0.25, -0.2) is 0 Å². The molecule has 1 fully saturated rings. The number of ether oxygens (including phenoxy) is 5. The fourth-order valence-corrected chi connectivity index (χ4v) is 4.96. The second-order valence-corrected chi connectivity index (χ2v) is 10.1. The standard InChI is InChI=1S/C32H33NO10/c34-30(35)5-2-12-40-27-4-1-3-22(26(27)7-9-31(36)37)19-41-25-16-23(21-6-8-28-29(18-21)43-20-42-28)15-24(17-25)32(38)33-10-13-39-14-11-33/h1,3-4,6,8,15-18H,2,5,7,9-14,19-20H2,(H,34,35)(H,36,37). The number of morpholine rings is 1. The van der Waals surface area contributed by atoms with Crippen LogP contribution >= 0.6 is 0 Å². The van der Waals surface area contributed by atoms with Crippen molar-refractivity contribution in [2.75, 3.05) is 39.7 Å². The van der Waals surface area contributed by atoms with Gasteiger partial charge in [-0.05, 0) is 65.9 Å². The van der Waals surface area contributed by atoms with Crippen molar-refractivity contribution in [2.45, 2.75) is 32.3 Å². The zero-order chi connectivity index (χ0) is 30.2. The van der Waals surface area contributed by atoms with E-state index in [2.05, 4.69) is 0 Å². The van der Waals surface area contributed by atoms with E-state index < -0.39 is 11.9 Å². The van der Waals surface area contributed by atoms with Crippen LogP contribution in [0.5, 0.6) is 23.0 Å². The summed E-state index contributed by atoms with van der Waals surface area (Å²) in [6.45, 7) is 2.37. The van der Waals surface area contributed by atoms with Crippen molar-refractivity contribution < 1.29 is 48.3 Å². The van der Waals surface area contributed by atoms with E-state index in [0.717, 1.165) is 16.7 Å². The van der Waals surface area contributed by atoms with Gasteiger partial charge in [0.15, 0.2) is 11.5 Å². The topological polar surface area (TPSA) is 141 Å². The van der Waals surface area contributed by atoms with E-state index in [-0.39, 0.29) is 45.2 Å². The van der Waals surface area contributed by atoms with Gasteiger partial charge in [0.05, 0.1) is 19.8 Å². The molecule has 226 valence electrons. The number of carboxylic acids is 2. The third-order valence-corrected chi connectivity index (χ3v) is 7.16. The second-order valence-electron chi connectivity index (χ2n) is 10.1. The van der Waals surface area contributed by atoms with Crippen molar-refractivity contribution in [3.63, 3.8) is 0 Å². The molecule has 1 saturated heterocycles. The average molecular weight is 592 g/mol. The normalized spacial score (nSPS) is 13.9. The highest BCUT2D eigenvalue weighted by atomic mass is 16.7. The summed E-state index contributed by atoms with van der Waals surface area (Å²) in [5.74, 6) is 0.234. The molecule has 2 aliphatic rings. The van der Waals surface area contributed by atoms with Gasteiger partial charge in [0.2, 0.25) is 6.79 Å². The highest BCUT2D eigenvalue weighted by Gasteiger charge is 2.21. The molecule has 0 aliphatic carbocycles. The Balaban J connectivity index is 1.42. The van der Waals surface area contributed by atoms with Crippen LogP contribution in [0, 0.1) is 0 Å². The summed E-state index contributed by atoms with van der Waals surface area (Å²) in [6.07, 6.45) is 0.390. The minimum Gasteiger partial charge on any atom is -0.493 e. The van der Waals surface area contributed by atoms with Gasteiger partial charge in [-0.1, -0.05) is 18.2 Å². The monoisotopic (exact) mass is 591 g/mol. The first-order valence-electron chi connectivity index (χ1n) is 14.1. The van der Waals surface area contributed by atoms with Crippen LogP contribution in [0.25, 0.3) is 11.1 Å². The maximum atomic E-state index is 13.5. The van der Waals surface area contributed by atoms with Crippen LogP contribution < -0.4 is 18.9 Å². The van der Waals surface area contributed by atoms with Crippen molar-refractivity contribution >= 4 is 17.8 Å². The lowest BCUT2D eigenvalue weighted by molar-refractivity contribution is -0.138. The molecule has 0 saturated carbocycles. The smallest absolute Gasteiger partial charge is 0.303 e. The number of hydrogen-bond donors (Lipinski definition) is 2. The lowest BCUT2D eigenvalue weighted by Crippen LogP contribution is -2.40. The molecule has 43 heavy (non-hydrogen) atoms. The lowest BCUT2D eigenvalue weighted by atomic mass is 10.0. The summed E-state index contributed by atoms with van der Waals surface area (Å²) in [5.41, 5.74) is 3.45. The van der Waals surface area contributed by atoms with Crippen LogP contribution in [0.3, 0.4) is 0 Å². The number of benzene rings is 3. The maximum Gasteiger partial charge on any atom is 0.303 e. The summed E-state index contributed by atoms with van der Waals surface area (Å²) < 4.78 is 28.5. The Morgan fingerprint density at radius 2 is 1.63 bits per heavy atom. The van der Waals surface area contributed by atoms with Gasteiger partial charge in [-0.2, -0.15) is 0 Å². The molecule has 0 bridgehead atoms. The van der Waals surface area contributed by atoms with Crippen molar-refractivity contribution in [1.82, 2.24) is 4.90 Å². The number of carbonyl (C=O) groups excluding carboxylic acids is 1. The van der Waals surface area contributed by atoms with Crippen molar-refractivity contribution in [3.8, 4) is 34.1 Å². The van der Waals surface area contributed by atoms with Gasteiger partial charge in [-0.3, -0.25) is 14.4 Å². The van der Waals surface area contributed by atoms with E-state index in [1.54, 1.807) is 23.1 Å². The number of hydrogen-bond acceptors (Lipinski definition) is 8. The van der Waals surface area contributed by atoms with Gasteiger partial charge in [0.25, 0.3) is 5.91 Å². The number of nitrogens with zero attached hydrogens (tertiary/aromatic N) is 1. The predicted octanol–water partition coefficient (Wildman–Crippen LogP) is 4.39. The summed E-state index contributed by atoms with van der Waals surface area (Å²) >= 11 is 0. The molecule has 2 heterocycles. The summed E-state index contributed by atoms with van der Waals surface area (Å²) in [6, 6.07) is 16.3. The van der Waals surface area contributed by atoms with Gasteiger partial charge in [-0.15, -0.1) is 0 Å². The van der Waals surface area contributed by atoms with Crippen LogP contribution in [0.2, 0.25) is 0 Å². The van der Waals surface area contributed by atoms with Gasteiger partial charge >= 0.3 is 11.9 Å². The first-order valence-corrected chi connectivity index (χ1v) is 14.1. The highest BCUT2D eigenvalue weighted by molar-refractivity contribution is 5.96. The minimum absolute atomic E-state index is 0.0293. The van der Waals surface area contributed by atoms with Gasteiger partial charge in [0, 0.05) is 37.1 Å². The second kappa shape index (κ2) is 13.9.